The van der Waals surface area contributed by atoms with Crippen molar-refractivity contribution < 1.29 is 4.79 Å². The molecule has 0 aromatic heterocycles. The lowest BCUT2D eigenvalue weighted by Crippen LogP contribution is -2.13. The number of hydrogen-bond donors (Lipinski definition) is 0. The molecule has 0 bridgehead atoms. The van der Waals surface area contributed by atoms with Gasteiger partial charge in [0.15, 0.2) is 5.78 Å². The van der Waals surface area contributed by atoms with Gasteiger partial charge in [0.1, 0.15) is 0 Å². The molecule has 0 heterocycles. The molecular weight excluding hydrogens is 324 g/mol. The minimum Gasteiger partial charge on any atom is -0.293 e. The van der Waals surface area contributed by atoms with E-state index in [1.807, 2.05) is 12.1 Å². The molecule has 0 aliphatic heterocycles. The summed E-state index contributed by atoms with van der Waals surface area (Å²) in [6.45, 7) is 2.28. The quantitative estimate of drug-likeness (QED) is 0.329. The summed E-state index contributed by atoms with van der Waals surface area (Å²) in [5.41, 5.74) is 2.25. The van der Waals surface area contributed by atoms with Crippen LogP contribution < -0.4 is 0 Å². The fourth-order valence-corrected chi connectivity index (χ4v) is 3.81. The second kappa shape index (κ2) is 8.73. The second-order valence-electron chi connectivity index (χ2n) is 6.39. The van der Waals surface area contributed by atoms with Crippen molar-refractivity contribution in [2.24, 2.45) is 5.92 Å². The molecular formula is C19H27BrO. The minimum atomic E-state index is 0.168. The van der Waals surface area contributed by atoms with E-state index in [4.69, 9.17) is 0 Å². The van der Waals surface area contributed by atoms with Gasteiger partial charge in [0.2, 0.25) is 0 Å². The number of unbranched alkanes of at least 4 members (excludes halogenated alkanes) is 2. The van der Waals surface area contributed by atoms with Crippen LogP contribution in [0.5, 0.6) is 0 Å². The van der Waals surface area contributed by atoms with Gasteiger partial charge in [0.05, 0.1) is 5.33 Å². The van der Waals surface area contributed by atoms with Crippen LogP contribution in [0.3, 0.4) is 0 Å². The maximum atomic E-state index is 11.6. The molecule has 2 heteroatoms. The van der Waals surface area contributed by atoms with Gasteiger partial charge in [0, 0.05) is 5.56 Å². The zero-order valence-electron chi connectivity index (χ0n) is 13.1. The van der Waals surface area contributed by atoms with Crippen molar-refractivity contribution in [3.05, 3.63) is 35.4 Å². The molecule has 21 heavy (non-hydrogen) atoms. The van der Waals surface area contributed by atoms with E-state index in [2.05, 4.69) is 35.0 Å². The van der Waals surface area contributed by atoms with Crippen LogP contribution in [-0.4, -0.2) is 11.1 Å². The first-order valence-electron chi connectivity index (χ1n) is 8.43. The normalized spacial score (nSPS) is 22.2. The van der Waals surface area contributed by atoms with Crippen LogP contribution in [0.25, 0.3) is 0 Å². The summed E-state index contributed by atoms with van der Waals surface area (Å²) in [7, 11) is 0. The maximum absolute atomic E-state index is 11.6. The first-order valence-corrected chi connectivity index (χ1v) is 9.55. The first-order chi connectivity index (χ1) is 10.2. The van der Waals surface area contributed by atoms with E-state index in [0.717, 1.165) is 11.5 Å². The van der Waals surface area contributed by atoms with Crippen molar-refractivity contribution in [2.75, 3.05) is 5.33 Å². The lowest BCUT2D eigenvalue weighted by molar-refractivity contribution is 0.102. The van der Waals surface area contributed by atoms with Crippen molar-refractivity contribution in [2.45, 2.75) is 64.2 Å². The number of carbonyl (C=O) groups is 1. The molecule has 1 aromatic rings. The van der Waals surface area contributed by atoms with Crippen LogP contribution in [0.4, 0.5) is 0 Å². The summed E-state index contributed by atoms with van der Waals surface area (Å²) >= 11 is 3.23. The van der Waals surface area contributed by atoms with E-state index in [9.17, 15) is 4.79 Å². The van der Waals surface area contributed by atoms with Gasteiger partial charge in [-0.2, -0.15) is 0 Å². The molecule has 116 valence electrons. The zero-order chi connectivity index (χ0) is 15.1. The third-order valence-corrected chi connectivity index (χ3v) is 5.40. The van der Waals surface area contributed by atoms with E-state index in [1.54, 1.807) is 0 Å². The molecule has 1 fully saturated rings. The average Bonchev–Trinajstić information content (AvgIpc) is 2.55. The third-order valence-electron chi connectivity index (χ3n) is 4.89. The fourth-order valence-electron chi connectivity index (χ4n) is 3.49. The van der Waals surface area contributed by atoms with Gasteiger partial charge < -0.3 is 0 Å². The SMILES string of the molecule is CCCCCC1CCC(c2ccc(C(=O)CBr)cc2)CC1. The molecule has 2 rings (SSSR count). The summed E-state index contributed by atoms with van der Waals surface area (Å²) in [6.07, 6.45) is 11.0. The monoisotopic (exact) mass is 350 g/mol. The Bertz CT molecular complexity index is 429. The smallest absolute Gasteiger partial charge is 0.173 e. The van der Waals surface area contributed by atoms with Crippen LogP contribution in [0.2, 0.25) is 0 Å². The Morgan fingerprint density at radius 1 is 1.10 bits per heavy atom. The molecule has 1 nitrogen and oxygen atoms in total. The van der Waals surface area contributed by atoms with E-state index in [-0.39, 0.29) is 5.78 Å². The minimum absolute atomic E-state index is 0.168. The van der Waals surface area contributed by atoms with Crippen molar-refractivity contribution in [3.8, 4) is 0 Å². The zero-order valence-corrected chi connectivity index (χ0v) is 14.7. The molecule has 1 aromatic carbocycles. The largest absolute Gasteiger partial charge is 0.293 e. The van der Waals surface area contributed by atoms with Gasteiger partial charge >= 0.3 is 0 Å². The predicted octanol–water partition coefficient (Wildman–Crippen LogP) is 6.12. The Balaban J connectivity index is 1.83. The highest BCUT2D eigenvalue weighted by Crippen LogP contribution is 2.37. The summed E-state index contributed by atoms with van der Waals surface area (Å²) in [6, 6.07) is 8.31. The van der Waals surface area contributed by atoms with Gasteiger partial charge in [-0.25, -0.2) is 0 Å². The Labute approximate surface area is 137 Å². The molecule has 1 aliphatic rings. The molecule has 0 spiro atoms. The Kier molecular flexibility index (Phi) is 6.95. The highest BCUT2D eigenvalue weighted by molar-refractivity contribution is 9.09. The first kappa shape index (κ1) is 16.7. The van der Waals surface area contributed by atoms with Gasteiger partial charge in [0.25, 0.3) is 0 Å². The third kappa shape index (κ3) is 4.95. The van der Waals surface area contributed by atoms with Gasteiger partial charge in [-0.15, -0.1) is 0 Å². The lowest BCUT2D eigenvalue weighted by Gasteiger charge is -2.29. The Morgan fingerprint density at radius 3 is 2.33 bits per heavy atom. The number of halogens is 1. The standard InChI is InChI=1S/C19H27BrO/c1-2-3-4-5-15-6-8-16(9-7-15)17-10-12-18(13-11-17)19(21)14-20/h10-13,15-16H,2-9,14H2,1H3. The van der Waals surface area contributed by atoms with Crippen LogP contribution in [0.1, 0.15) is 80.1 Å². The number of alkyl halides is 1. The number of benzene rings is 1. The summed E-state index contributed by atoms with van der Waals surface area (Å²) in [5.74, 6) is 1.84. The molecule has 0 atom stereocenters. The Morgan fingerprint density at radius 2 is 1.76 bits per heavy atom. The topological polar surface area (TPSA) is 17.1 Å². The maximum Gasteiger partial charge on any atom is 0.173 e. The second-order valence-corrected chi connectivity index (χ2v) is 6.95. The van der Waals surface area contributed by atoms with Crippen LogP contribution in [-0.2, 0) is 0 Å². The number of ketones is 1. The Hall–Kier alpha value is -0.630. The molecule has 0 saturated heterocycles. The highest BCUT2D eigenvalue weighted by Gasteiger charge is 2.22. The van der Waals surface area contributed by atoms with Crippen LogP contribution in [0.15, 0.2) is 24.3 Å². The molecule has 0 N–H and O–H groups in total. The van der Waals surface area contributed by atoms with Crippen molar-refractivity contribution >= 4 is 21.7 Å². The number of carbonyl (C=O) groups excluding carboxylic acids is 1. The molecule has 1 saturated carbocycles. The molecule has 0 radical (unpaired) electrons. The fraction of sp³-hybridized carbons (Fsp3) is 0.632. The van der Waals surface area contributed by atoms with Crippen molar-refractivity contribution in [3.63, 3.8) is 0 Å². The molecule has 1 aliphatic carbocycles. The molecule has 0 amide bonds. The van der Waals surface area contributed by atoms with Crippen LogP contribution in [0, 0.1) is 5.92 Å². The molecule has 0 unspecified atom stereocenters. The van der Waals surface area contributed by atoms with E-state index >= 15 is 0 Å². The predicted molar refractivity (Wildman–Crippen MR) is 93.4 cm³/mol. The number of hydrogen-bond acceptors (Lipinski definition) is 1. The summed E-state index contributed by atoms with van der Waals surface area (Å²) in [5, 5.41) is 0.412. The lowest BCUT2D eigenvalue weighted by atomic mass is 9.77. The van der Waals surface area contributed by atoms with E-state index in [1.165, 1.54) is 56.9 Å². The van der Waals surface area contributed by atoms with Crippen molar-refractivity contribution in [1.82, 2.24) is 0 Å². The van der Waals surface area contributed by atoms with E-state index in [0.29, 0.717) is 11.2 Å². The van der Waals surface area contributed by atoms with Gasteiger partial charge in [-0.05, 0) is 43.1 Å². The average molecular weight is 351 g/mol. The number of Topliss-reactive ketones (excluding diaryl/α,β-unsaturated/α-hetero) is 1. The van der Waals surface area contributed by atoms with E-state index < -0.39 is 0 Å². The van der Waals surface area contributed by atoms with Crippen molar-refractivity contribution in [1.29, 1.82) is 0 Å². The van der Waals surface area contributed by atoms with Gasteiger partial charge in [-0.3, -0.25) is 4.79 Å². The van der Waals surface area contributed by atoms with Crippen LogP contribution >= 0.6 is 15.9 Å². The summed E-state index contributed by atoms with van der Waals surface area (Å²) < 4.78 is 0. The van der Waals surface area contributed by atoms with Gasteiger partial charge in [-0.1, -0.05) is 72.8 Å². The summed E-state index contributed by atoms with van der Waals surface area (Å²) in [4.78, 5) is 11.6. The highest BCUT2D eigenvalue weighted by atomic mass is 79.9. The number of rotatable bonds is 7.